The van der Waals surface area contributed by atoms with Crippen LogP contribution in [0.15, 0.2) is 20.9 Å². The Bertz CT molecular complexity index is 183. The van der Waals surface area contributed by atoms with Crippen LogP contribution in [0.4, 0.5) is 0 Å². The fraction of sp³-hybridized carbons (Fsp3) is 0.333. The minimum absolute atomic E-state index is 0.697. The SMILES string of the molecule is NN1C/C(=C/Cl)S/C(=C/Cl)C1. The first-order chi connectivity index (χ1) is 5.26. The lowest BCUT2D eigenvalue weighted by atomic mass is 10.5. The van der Waals surface area contributed by atoms with E-state index in [1.807, 2.05) is 0 Å². The molecule has 0 amide bonds. The molecule has 0 aromatic rings. The highest BCUT2D eigenvalue weighted by molar-refractivity contribution is 8.06. The van der Waals surface area contributed by atoms with Gasteiger partial charge in [0.1, 0.15) is 0 Å². The Morgan fingerprint density at radius 1 is 1.27 bits per heavy atom. The second kappa shape index (κ2) is 4.38. The van der Waals surface area contributed by atoms with Crippen LogP contribution in [0.2, 0.25) is 0 Å². The smallest absolute Gasteiger partial charge is 0.0455 e. The minimum Gasteiger partial charge on any atom is -0.268 e. The van der Waals surface area contributed by atoms with E-state index in [4.69, 9.17) is 29.0 Å². The Labute approximate surface area is 80.0 Å². The summed E-state index contributed by atoms with van der Waals surface area (Å²) in [7, 11) is 0. The average Bonchev–Trinajstić information content (AvgIpc) is 2.03. The summed E-state index contributed by atoms with van der Waals surface area (Å²) in [5.74, 6) is 5.59. The molecule has 0 aromatic heterocycles. The van der Waals surface area contributed by atoms with Crippen LogP contribution in [0.1, 0.15) is 0 Å². The minimum atomic E-state index is 0.697. The van der Waals surface area contributed by atoms with Crippen LogP contribution in [0, 0.1) is 0 Å². The third-order valence-corrected chi connectivity index (χ3v) is 3.03. The Kier molecular flexibility index (Phi) is 3.75. The summed E-state index contributed by atoms with van der Waals surface area (Å²) in [5.41, 5.74) is 3.06. The highest BCUT2D eigenvalue weighted by Gasteiger charge is 2.15. The van der Waals surface area contributed by atoms with Crippen molar-refractivity contribution in [2.75, 3.05) is 13.1 Å². The van der Waals surface area contributed by atoms with Crippen molar-refractivity contribution in [2.24, 2.45) is 5.84 Å². The summed E-state index contributed by atoms with van der Waals surface area (Å²) in [5, 5.41) is 1.67. The van der Waals surface area contributed by atoms with Crippen LogP contribution in [0.3, 0.4) is 0 Å². The van der Waals surface area contributed by atoms with Crippen LogP contribution < -0.4 is 5.84 Å². The molecule has 1 fully saturated rings. The first kappa shape index (κ1) is 9.42. The van der Waals surface area contributed by atoms with Crippen molar-refractivity contribution in [3.8, 4) is 0 Å². The van der Waals surface area contributed by atoms with E-state index in [2.05, 4.69) is 0 Å². The lowest BCUT2D eigenvalue weighted by Gasteiger charge is -2.24. The van der Waals surface area contributed by atoms with Crippen molar-refractivity contribution in [3.63, 3.8) is 0 Å². The second-order valence-electron chi connectivity index (χ2n) is 2.16. The molecule has 2 nitrogen and oxygen atoms in total. The highest BCUT2D eigenvalue weighted by Crippen LogP contribution is 2.31. The fourth-order valence-corrected chi connectivity index (χ4v) is 2.09. The predicted molar refractivity (Wildman–Crippen MR) is 51.2 cm³/mol. The molecule has 0 atom stereocenters. The normalized spacial score (nSPS) is 28.3. The second-order valence-corrected chi connectivity index (χ2v) is 3.85. The Hall–Kier alpha value is 0.330. The molecule has 62 valence electrons. The summed E-state index contributed by atoms with van der Waals surface area (Å²) in [6.07, 6.45) is 0. The molecule has 1 aliphatic heterocycles. The maximum absolute atomic E-state index is 5.59. The van der Waals surface area contributed by atoms with Crippen molar-refractivity contribution in [3.05, 3.63) is 20.9 Å². The fourth-order valence-electron chi connectivity index (χ4n) is 0.803. The number of halogens is 2. The first-order valence-corrected chi connectivity index (χ1v) is 4.71. The maximum atomic E-state index is 5.59. The average molecular weight is 211 g/mol. The van der Waals surface area contributed by atoms with E-state index in [0.717, 1.165) is 9.81 Å². The Balaban J connectivity index is 2.65. The summed E-state index contributed by atoms with van der Waals surface area (Å²) < 4.78 is 0. The summed E-state index contributed by atoms with van der Waals surface area (Å²) >= 11 is 12.6. The molecule has 1 aliphatic rings. The number of hydrogen-bond donors (Lipinski definition) is 1. The molecule has 1 saturated heterocycles. The third kappa shape index (κ3) is 2.69. The summed E-state index contributed by atoms with van der Waals surface area (Å²) in [6.45, 7) is 1.39. The van der Waals surface area contributed by atoms with Crippen LogP contribution in [0.25, 0.3) is 0 Å². The van der Waals surface area contributed by atoms with Crippen molar-refractivity contribution in [1.82, 2.24) is 5.01 Å². The van der Waals surface area contributed by atoms with Crippen LogP contribution in [-0.2, 0) is 0 Å². The van der Waals surface area contributed by atoms with Crippen molar-refractivity contribution >= 4 is 35.0 Å². The number of hydrogen-bond acceptors (Lipinski definition) is 3. The van der Waals surface area contributed by atoms with Crippen LogP contribution in [0.5, 0.6) is 0 Å². The van der Waals surface area contributed by atoms with E-state index in [9.17, 15) is 0 Å². The third-order valence-electron chi connectivity index (χ3n) is 1.22. The molecule has 5 heteroatoms. The molecule has 0 unspecified atom stereocenters. The van der Waals surface area contributed by atoms with Gasteiger partial charge in [0.15, 0.2) is 0 Å². The van der Waals surface area contributed by atoms with Gasteiger partial charge < -0.3 is 0 Å². The summed E-state index contributed by atoms with van der Waals surface area (Å²) in [4.78, 5) is 2.04. The molecule has 0 aromatic carbocycles. The van der Waals surface area contributed by atoms with E-state index in [1.165, 1.54) is 11.1 Å². The lowest BCUT2D eigenvalue weighted by Crippen LogP contribution is -2.36. The molecule has 0 saturated carbocycles. The van der Waals surface area contributed by atoms with Crippen LogP contribution in [-0.4, -0.2) is 18.1 Å². The maximum Gasteiger partial charge on any atom is 0.0455 e. The Morgan fingerprint density at radius 3 is 2.09 bits per heavy atom. The zero-order valence-corrected chi connectivity index (χ0v) is 8.09. The van der Waals surface area contributed by atoms with Crippen molar-refractivity contribution in [2.45, 2.75) is 0 Å². The quantitative estimate of drug-likeness (QED) is 0.622. The van der Waals surface area contributed by atoms with E-state index < -0.39 is 0 Å². The van der Waals surface area contributed by atoms with Gasteiger partial charge in [-0.05, 0) is 0 Å². The van der Waals surface area contributed by atoms with E-state index >= 15 is 0 Å². The molecule has 1 heterocycles. The van der Waals surface area contributed by atoms with Crippen LogP contribution >= 0.6 is 35.0 Å². The molecule has 0 bridgehead atoms. The van der Waals surface area contributed by atoms with Crippen molar-refractivity contribution in [1.29, 1.82) is 0 Å². The van der Waals surface area contributed by atoms with Crippen molar-refractivity contribution < 1.29 is 0 Å². The van der Waals surface area contributed by atoms with Gasteiger partial charge in [-0.3, -0.25) is 5.84 Å². The van der Waals surface area contributed by atoms with Gasteiger partial charge in [0.05, 0.1) is 0 Å². The summed E-state index contributed by atoms with van der Waals surface area (Å²) in [6, 6.07) is 0. The zero-order chi connectivity index (χ0) is 8.27. The van der Waals surface area contributed by atoms with E-state index in [-0.39, 0.29) is 0 Å². The standard InChI is InChI=1S/C6H8Cl2N2S/c7-1-5-3-10(9)4-6(2-8)11-5/h1-2H,3-4,9H2/b5-1-,6-2+. The number of rotatable bonds is 0. The predicted octanol–water partition coefficient (Wildman–Crippen LogP) is 2.07. The molecular weight excluding hydrogens is 203 g/mol. The molecule has 1 rings (SSSR count). The molecule has 0 radical (unpaired) electrons. The van der Waals surface area contributed by atoms with Gasteiger partial charge in [-0.2, -0.15) is 0 Å². The molecule has 0 spiro atoms. The van der Waals surface area contributed by atoms with E-state index in [1.54, 1.807) is 16.8 Å². The largest absolute Gasteiger partial charge is 0.268 e. The number of nitrogens with zero attached hydrogens (tertiary/aromatic N) is 1. The van der Waals surface area contributed by atoms with Gasteiger partial charge in [0.25, 0.3) is 0 Å². The van der Waals surface area contributed by atoms with Gasteiger partial charge in [0, 0.05) is 34.0 Å². The number of nitrogens with two attached hydrogens (primary N) is 1. The Morgan fingerprint density at radius 2 is 1.73 bits per heavy atom. The van der Waals surface area contributed by atoms with Gasteiger partial charge in [0.2, 0.25) is 0 Å². The lowest BCUT2D eigenvalue weighted by molar-refractivity contribution is 0.342. The molecule has 0 aliphatic carbocycles. The number of thioether (sulfide) groups is 1. The monoisotopic (exact) mass is 210 g/mol. The zero-order valence-electron chi connectivity index (χ0n) is 5.76. The van der Waals surface area contributed by atoms with Gasteiger partial charge in [-0.15, -0.1) is 0 Å². The highest BCUT2D eigenvalue weighted by atomic mass is 35.5. The van der Waals surface area contributed by atoms with Gasteiger partial charge >= 0.3 is 0 Å². The molecule has 11 heavy (non-hydrogen) atoms. The number of hydrazine groups is 1. The van der Waals surface area contributed by atoms with Gasteiger partial charge in [-0.1, -0.05) is 35.0 Å². The van der Waals surface area contributed by atoms with E-state index in [0.29, 0.717) is 13.1 Å². The topological polar surface area (TPSA) is 29.3 Å². The first-order valence-electron chi connectivity index (χ1n) is 3.02. The molecular formula is C6H8Cl2N2S. The van der Waals surface area contributed by atoms with Gasteiger partial charge in [-0.25, -0.2) is 5.01 Å². The molecule has 2 N–H and O–H groups in total.